The molecule has 0 saturated heterocycles. The molecule has 0 amide bonds. The Bertz CT molecular complexity index is 973. The van der Waals surface area contributed by atoms with Crippen LogP contribution in [0.4, 0.5) is 11.4 Å². The maximum Gasteiger partial charge on any atom is 0.127 e. The number of hydrogen-bond acceptors (Lipinski definition) is 5. The quantitative estimate of drug-likeness (QED) is 0.357. The lowest BCUT2D eigenvalue weighted by Crippen LogP contribution is -1.87. The van der Waals surface area contributed by atoms with Crippen LogP contribution in [0, 0.1) is 0 Å². The molecule has 144 valence electrons. The predicted molar refractivity (Wildman–Crippen MR) is 119 cm³/mol. The highest BCUT2D eigenvalue weighted by atomic mass is 32.2. The monoisotopic (exact) mass is 400 g/mol. The second-order valence-corrected chi connectivity index (χ2v) is 7.53. The van der Waals surface area contributed by atoms with Gasteiger partial charge < -0.3 is 20.9 Å². The maximum absolute atomic E-state index is 5.83. The molecule has 0 aromatic heterocycles. The van der Waals surface area contributed by atoms with Crippen molar-refractivity contribution in [3.63, 3.8) is 0 Å². The summed E-state index contributed by atoms with van der Waals surface area (Å²) < 4.78 is 11.7. The van der Waals surface area contributed by atoms with Crippen molar-refractivity contribution in [2.45, 2.75) is 9.79 Å². The average Bonchev–Trinajstić information content (AvgIpc) is 2.74. The van der Waals surface area contributed by atoms with Gasteiger partial charge in [-0.3, -0.25) is 0 Å². The van der Waals surface area contributed by atoms with Crippen molar-refractivity contribution < 1.29 is 9.47 Å². The Labute approximate surface area is 174 Å². The molecule has 0 saturated carbocycles. The lowest BCUT2D eigenvalue weighted by Gasteiger charge is -2.08. The van der Waals surface area contributed by atoms with Gasteiger partial charge in [0.25, 0.3) is 0 Å². The van der Waals surface area contributed by atoms with Gasteiger partial charge in [-0.05, 0) is 97.1 Å². The lowest BCUT2D eigenvalue weighted by molar-refractivity contribution is 0.482. The van der Waals surface area contributed by atoms with Crippen molar-refractivity contribution in [1.82, 2.24) is 0 Å². The molecule has 0 bridgehead atoms. The minimum atomic E-state index is 0.717. The number of benzene rings is 4. The normalized spacial score (nSPS) is 10.5. The summed E-state index contributed by atoms with van der Waals surface area (Å²) in [5.74, 6) is 3.09. The van der Waals surface area contributed by atoms with E-state index in [0.29, 0.717) is 11.4 Å². The lowest BCUT2D eigenvalue weighted by atomic mass is 10.3. The minimum absolute atomic E-state index is 0.717. The molecule has 0 unspecified atom stereocenters. The molecule has 0 atom stereocenters. The van der Waals surface area contributed by atoms with Crippen LogP contribution in [0.1, 0.15) is 0 Å². The molecule has 0 fully saturated rings. The van der Waals surface area contributed by atoms with Crippen LogP contribution < -0.4 is 20.9 Å². The van der Waals surface area contributed by atoms with Crippen LogP contribution in [-0.4, -0.2) is 0 Å². The Morgan fingerprint density at radius 1 is 0.414 bits per heavy atom. The first kappa shape index (κ1) is 18.8. The van der Waals surface area contributed by atoms with Crippen LogP contribution in [0.15, 0.2) is 107 Å². The van der Waals surface area contributed by atoms with E-state index in [9.17, 15) is 0 Å². The summed E-state index contributed by atoms with van der Waals surface area (Å²) in [7, 11) is 0. The van der Waals surface area contributed by atoms with Crippen LogP contribution >= 0.6 is 11.8 Å². The molecule has 4 aromatic rings. The topological polar surface area (TPSA) is 70.5 Å². The summed E-state index contributed by atoms with van der Waals surface area (Å²) in [6.07, 6.45) is 0. The number of anilines is 2. The standard InChI is InChI=1S/C24H20N2O2S/c25-17-1-5-19(6-2-17)27-21-9-13-23(14-10-21)29-24-15-11-22(12-16-24)28-20-7-3-18(26)4-8-20/h1-16H,25-26H2. The van der Waals surface area contributed by atoms with Crippen molar-refractivity contribution >= 4 is 23.1 Å². The van der Waals surface area contributed by atoms with Crippen molar-refractivity contribution in [2.24, 2.45) is 0 Å². The van der Waals surface area contributed by atoms with Crippen LogP contribution in [0.25, 0.3) is 0 Å². The largest absolute Gasteiger partial charge is 0.457 e. The average molecular weight is 401 g/mol. The van der Waals surface area contributed by atoms with Gasteiger partial charge in [0.2, 0.25) is 0 Å². The molecule has 0 radical (unpaired) electrons. The second-order valence-electron chi connectivity index (χ2n) is 6.39. The SMILES string of the molecule is Nc1ccc(Oc2ccc(Sc3ccc(Oc4ccc(N)cc4)cc3)cc2)cc1. The fourth-order valence-corrected chi connectivity index (χ4v) is 3.45. The van der Waals surface area contributed by atoms with Gasteiger partial charge >= 0.3 is 0 Å². The molecule has 0 heterocycles. The Kier molecular flexibility index (Phi) is 5.59. The van der Waals surface area contributed by atoms with E-state index in [-0.39, 0.29) is 0 Å². The molecule has 4 aromatic carbocycles. The Balaban J connectivity index is 1.36. The minimum Gasteiger partial charge on any atom is -0.457 e. The second kappa shape index (κ2) is 8.63. The van der Waals surface area contributed by atoms with E-state index in [2.05, 4.69) is 0 Å². The first-order valence-electron chi connectivity index (χ1n) is 9.09. The van der Waals surface area contributed by atoms with Gasteiger partial charge in [-0.1, -0.05) is 11.8 Å². The van der Waals surface area contributed by atoms with E-state index in [1.807, 2.05) is 97.1 Å². The predicted octanol–water partition coefficient (Wildman–Crippen LogP) is 6.59. The van der Waals surface area contributed by atoms with Gasteiger partial charge in [-0.25, -0.2) is 0 Å². The van der Waals surface area contributed by atoms with Crippen LogP contribution in [0.3, 0.4) is 0 Å². The molecule has 4 nitrogen and oxygen atoms in total. The Hall–Kier alpha value is -3.57. The fourth-order valence-electron chi connectivity index (χ4n) is 2.63. The van der Waals surface area contributed by atoms with Gasteiger partial charge in [0.1, 0.15) is 23.0 Å². The van der Waals surface area contributed by atoms with E-state index >= 15 is 0 Å². The smallest absolute Gasteiger partial charge is 0.127 e. The van der Waals surface area contributed by atoms with E-state index in [0.717, 1.165) is 32.8 Å². The molecule has 0 spiro atoms. The first-order valence-corrected chi connectivity index (χ1v) is 9.90. The highest BCUT2D eigenvalue weighted by Crippen LogP contribution is 2.32. The van der Waals surface area contributed by atoms with E-state index < -0.39 is 0 Å². The van der Waals surface area contributed by atoms with Crippen LogP contribution in [0.2, 0.25) is 0 Å². The third kappa shape index (κ3) is 5.24. The molecule has 4 rings (SSSR count). The zero-order valence-corrected chi connectivity index (χ0v) is 16.4. The van der Waals surface area contributed by atoms with E-state index in [1.165, 1.54) is 0 Å². The van der Waals surface area contributed by atoms with E-state index in [4.69, 9.17) is 20.9 Å². The van der Waals surface area contributed by atoms with Crippen molar-refractivity contribution in [2.75, 3.05) is 11.5 Å². The van der Waals surface area contributed by atoms with Gasteiger partial charge in [0, 0.05) is 21.2 Å². The number of ether oxygens (including phenoxy) is 2. The fraction of sp³-hybridized carbons (Fsp3) is 0. The molecular weight excluding hydrogens is 380 g/mol. The molecule has 29 heavy (non-hydrogen) atoms. The summed E-state index contributed by atoms with van der Waals surface area (Å²) >= 11 is 1.68. The molecule has 5 heteroatoms. The molecule has 0 aliphatic carbocycles. The third-order valence-electron chi connectivity index (χ3n) is 4.11. The summed E-state index contributed by atoms with van der Waals surface area (Å²) in [6, 6.07) is 30.7. The Morgan fingerprint density at radius 2 is 0.690 bits per heavy atom. The zero-order chi connectivity index (χ0) is 20.1. The van der Waals surface area contributed by atoms with Gasteiger partial charge in [-0.2, -0.15) is 0 Å². The van der Waals surface area contributed by atoms with Crippen molar-refractivity contribution in [3.05, 3.63) is 97.1 Å². The Morgan fingerprint density at radius 3 is 1.00 bits per heavy atom. The molecule has 0 aliphatic rings. The van der Waals surface area contributed by atoms with Crippen molar-refractivity contribution in [1.29, 1.82) is 0 Å². The van der Waals surface area contributed by atoms with Gasteiger partial charge in [0.15, 0.2) is 0 Å². The van der Waals surface area contributed by atoms with Crippen LogP contribution in [0.5, 0.6) is 23.0 Å². The molecular formula is C24H20N2O2S. The summed E-state index contributed by atoms with van der Waals surface area (Å²) in [5.41, 5.74) is 12.8. The number of rotatable bonds is 6. The zero-order valence-electron chi connectivity index (χ0n) is 15.6. The van der Waals surface area contributed by atoms with Crippen molar-refractivity contribution in [3.8, 4) is 23.0 Å². The number of nitrogens with two attached hydrogens (primary N) is 2. The first-order chi connectivity index (χ1) is 14.1. The number of hydrogen-bond donors (Lipinski definition) is 2. The molecule has 4 N–H and O–H groups in total. The molecule has 0 aliphatic heterocycles. The highest BCUT2D eigenvalue weighted by molar-refractivity contribution is 7.99. The summed E-state index contributed by atoms with van der Waals surface area (Å²) in [5, 5.41) is 0. The maximum atomic E-state index is 5.83. The summed E-state index contributed by atoms with van der Waals surface area (Å²) in [4.78, 5) is 2.25. The third-order valence-corrected chi connectivity index (χ3v) is 5.13. The highest BCUT2D eigenvalue weighted by Gasteiger charge is 2.02. The summed E-state index contributed by atoms with van der Waals surface area (Å²) in [6.45, 7) is 0. The number of nitrogen functional groups attached to an aromatic ring is 2. The van der Waals surface area contributed by atoms with Gasteiger partial charge in [-0.15, -0.1) is 0 Å². The van der Waals surface area contributed by atoms with Crippen LogP contribution in [-0.2, 0) is 0 Å². The van der Waals surface area contributed by atoms with Gasteiger partial charge in [0.05, 0.1) is 0 Å². The van der Waals surface area contributed by atoms with E-state index in [1.54, 1.807) is 11.8 Å².